The molecule has 0 radical (unpaired) electrons. The molecule has 0 unspecified atom stereocenters. The molecule has 7 nitrogen and oxygen atoms in total. The SMILES string of the molecule is CS(=O)(=O)CCCCc1ccc(OCCN2CCC3(CC2)C(=O)Nc2ccc(C#N)cc23)cc1F. The molecule has 0 atom stereocenters. The smallest absolute Gasteiger partial charge is 0.235 e. The van der Waals surface area contributed by atoms with Crippen LogP contribution in [0, 0.1) is 17.1 Å². The molecule has 186 valence electrons. The van der Waals surface area contributed by atoms with E-state index < -0.39 is 15.3 Å². The van der Waals surface area contributed by atoms with Gasteiger partial charge >= 0.3 is 0 Å². The van der Waals surface area contributed by atoms with Gasteiger partial charge < -0.3 is 10.1 Å². The number of piperidine rings is 1. The normalized spacial score (nSPS) is 17.1. The maximum Gasteiger partial charge on any atom is 0.235 e. The summed E-state index contributed by atoms with van der Waals surface area (Å²) in [5.41, 5.74) is 2.25. The molecule has 4 rings (SSSR count). The molecular weight excluding hydrogens is 469 g/mol. The van der Waals surface area contributed by atoms with Gasteiger partial charge in [-0.3, -0.25) is 9.69 Å². The summed E-state index contributed by atoms with van der Waals surface area (Å²) in [4.78, 5) is 15.0. The number of nitrogens with one attached hydrogen (secondary N) is 1. The largest absolute Gasteiger partial charge is 0.492 e. The lowest BCUT2D eigenvalue weighted by Gasteiger charge is -2.37. The number of halogens is 1. The number of nitriles is 1. The highest BCUT2D eigenvalue weighted by Crippen LogP contribution is 2.45. The van der Waals surface area contributed by atoms with Gasteiger partial charge in [-0.1, -0.05) is 6.07 Å². The second kappa shape index (κ2) is 10.3. The van der Waals surface area contributed by atoms with Gasteiger partial charge in [0.25, 0.3) is 0 Å². The van der Waals surface area contributed by atoms with E-state index >= 15 is 0 Å². The number of hydrogen-bond acceptors (Lipinski definition) is 6. The number of sulfone groups is 1. The molecule has 0 bridgehead atoms. The minimum Gasteiger partial charge on any atom is -0.492 e. The third-order valence-electron chi connectivity index (χ3n) is 6.97. The van der Waals surface area contributed by atoms with Crippen LogP contribution in [0.15, 0.2) is 36.4 Å². The molecule has 0 aromatic heterocycles. The van der Waals surface area contributed by atoms with Crippen LogP contribution in [0.2, 0.25) is 0 Å². The lowest BCUT2D eigenvalue weighted by molar-refractivity contribution is -0.122. The van der Waals surface area contributed by atoms with Crippen LogP contribution >= 0.6 is 0 Å². The average molecular weight is 500 g/mol. The molecule has 2 aliphatic heterocycles. The Bertz CT molecular complexity index is 1250. The first-order valence-electron chi connectivity index (χ1n) is 11.9. The maximum absolute atomic E-state index is 14.4. The van der Waals surface area contributed by atoms with Crippen molar-refractivity contribution in [3.05, 3.63) is 58.9 Å². The lowest BCUT2D eigenvalue weighted by atomic mass is 9.73. The van der Waals surface area contributed by atoms with E-state index in [1.165, 1.54) is 12.3 Å². The van der Waals surface area contributed by atoms with Gasteiger partial charge in [0.2, 0.25) is 5.91 Å². The molecule has 1 fully saturated rings. The fraction of sp³-hybridized carbons (Fsp3) is 0.462. The molecule has 1 spiro atoms. The Morgan fingerprint density at radius 1 is 1.17 bits per heavy atom. The Hall–Kier alpha value is -2.96. The Balaban J connectivity index is 1.25. The topological polar surface area (TPSA) is 99.5 Å². The second-order valence-electron chi connectivity index (χ2n) is 9.44. The standard InChI is InChI=1S/C26H30FN3O4S/c1-35(32,33)15-3-2-4-20-6-7-21(17-23(20)27)34-14-13-30-11-9-26(10-12-30)22-16-19(18-28)5-8-24(22)29-25(26)31/h5-8,16-17H,2-4,9-15H2,1H3,(H,29,31). The van der Waals surface area contributed by atoms with Gasteiger partial charge in [0.15, 0.2) is 0 Å². The van der Waals surface area contributed by atoms with Crippen molar-refractivity contribution < 1.29 is 22.3 Å². The van der Waals surface area contributed by atoms with Crippen molar-refractivity contribution >= 4 is 21.4 Å². The summed E-state index contributed by atoms with van der Waals surface area (Å²) in [6.07, 6.45) is 4.16. The van der Waals surface area contributed by atoms with E-state index in [9.17, 15) is 22.9 Å². The maximum atomic E-state index is 14.4. The minimum absolute atomic E-state index is 0.00498. The number of carbonyl (C=O) groups excluding carboxylic acids is 1. The van der Waals surface area contributed by atoms with E-state index in [1.54, 1.807) is 24.3 Å². The molecule has 2 aromatic carbocycles. The minimum atomic E-state index is -2.99. The van der Waals surface area contributed by atoms with Crippen molar-refractivity contribution in [2.45, 2.75) is 37.5 Å². The van der Waals surface area contributed by atoms with Gasteiger partial charge in [0.1, 0.15) is 28.0 Å². The number of aryl methyl sites for hydroxylation is 1. The summed E-state index contributed by atoms with van der Waals surface area (Å²) >= 11 is 0. The lowest BCUT2D eigenvalue weighted by Crippen LogP contribution is -2.47. The summed E-state index contributed by atoms with van der Waals surface area (Å²) in [5.74, 6) is 0.240. The zero-order valence-corrected chi connectivity index (χ0v) is 20.7. The first-order valence-corrected chi connectivity index (χ1v) is 13.9. The van der Waals surface area contributed by atoms with Gasteiger partial charge in [-0.2, -0.15) is 5.26 Å². The molecule has 2 aliphatic rings. The second-order valence-corrected chi connectivity index (χ2v) is 11.7. The summed E-state index contributed by atoms with van der Waals surface area (Å²) in [6, 6.07) is 12.3. The Labute approximate surface area is 205 Å². The average Bonchev–Trinajstić information content (AvgIpc) is 3.08. The first-order chi connectivity index (χ1) is 16.7. The van der Waals surface area contributed by atoms with E-state index in [4.69, 9.17) is 4.74 Å². The molecule has 2 heterocycles. The van der Waals surface area contributed by atoms with E-state index in [2.05, 4.69) is 16.3 Å². The first kappa shape index (κ1) is 25.1. The molecule has 0 saturated carbocycles. The van der Waals surface area contributed by atoms with Crippen LogP contribution in [-0.2, 0) is 26.5 Å². The number of likely N-dealkylation sites (tertiary alicyclic amines) is 1. The molecule has 35 heavy (non-hydrogen) atoms. The van der Waals surface area contributed by atoms with Crippen molar-refractivity contribution in [1.82, 2.24) is 4.90 Å². The van der Waals surface area contributed by atoms with Crippen molar-refractivity contribution in [3.63, 3.8) is 0 Å². The van der Waals surface area contributed by atoms with Crippen LogP contribution < -0.4 is 10.1 Å². The zero-order chi connectivity index (χ0) is 25.1. The number of hydrogen-bond donors (Lipinski definition) is 1. The number of anilines is 1. The number of amides is 1. The third-order valence-corrected chi connectivity index (χ3v) is 8.00. The molecule has 1 saturated heterocycles. The van der Waals surface area contributed by atoms with Gasteiger partial charge in [0, 0.05) is 30.3 Å². The van der Waals surface area contributed by atoms with Crippen molar-refractivity contribution in [3.8, 4) is 11.8 Å². The highest BCUT2D eigenvalue weighted by Gasteiger charge is 2.48. The predicted molar refractivity (Wildman–Crippen MR) is 132 cm³/mol. The number of nitrogens with zero attached hydrogens (tertiary/aromatic N) is 2. The summed E-state index contributed by atoms with van der Waals surface area (Å²) in [7, 11) is -2.99. The molecule has 1 amide bonds. The molecule has 9 heteroatoms. The van der Waals surface area contributed by atoms with Crippen LogP contribution in [0.4, 0.5) is 10.1 Å². The number of carbonyl (C=O) groups is 1. The van der Waals surface area contributed by atoms with E-state index in [-0.39, 0.29) is 17.5 Å². The number of ether oxygens (including phenoxy) is 1. The number of unbranched alkanes of at least 4 members (excludes halogenated alkanes) is 1. The Kier molecular flexibility index (Phi) is 7.43. The highest BCUT2D eigenvalue weighted by molar-refractivity contribution is 7.90. The van der Waals surface area contributed by atoms with E-state index in [1.807, 2.05) is 6.07 Å². The number of rotatable bonds is 9. The van der Waals surface area contributed by atoms with Crippen LogP contribution in [0.1, 0.15) is 42.4 Å². The Morgan fingerprint density at radius 2 is 1.94 bits per heavy atom. The quantitative estimate of drug-likeness (QED) is 0.531. The van der Waals surface area contributed by atoms with Crippen molar-refractivity contribution in [1.29, 1.82) is 5.26 Å². The van der Waals surface area contributed by atoms with Crippen molar-refractivity contribution in [2.75, 3.05) is 43.6 Å². The summed E-state index contributed by atoms with van der Waals surface area (Å²) < 4.78 is 42.6. The van der Waals surface area contributed by atoms with Gasteiger partial charge in [0.05, 0.1) is 17.0 Å². The third kappa shape index (κ3) is 5.82. The van der Waals surface area contributed by atoms with Crippen LogP contribution in [-0.4, -0.2) is 57.5 Å². The van der Waals surface area contributed by atoms with E-state index in [0.717, 1.165) is 24.3 Å². The van der Waals surface area contributed by atoms with E-state index in [0.29, 0.717) is 62.1 Å². The zero-order valence-electron chi connectivity index (χ0n) is 19.8. The van der Waals surface area contributed by atoms with Gasteiger partial charge in [-0.05, 0) is 80.6 Å². The van der Waals surface area contributed by atoms with Gasteiger partial charge in [-0.25, -0.2) is 12.8 Å². The summed E-state index contributed by atoms with van der Waals surface area (Å²) in [5, 5.41) is 12.2. The van der Waals surface area contributed by atoms with Crippen LogP contribution in [0.5, 0.6) is 5.75 Å². The van der Waals surface area contributed by atoms with Crippen LogP contribution in [0.3, 0.4) is 0 Å². The fourth-order valence-electron chi connectivity index (χ4n) is 4.93. The Morgan fingerprint density at radius 3 is 2.63 bits per heavy atom. The summed E-state index contributed by atoms with van der Waals surface area (Å²) in [6.45, 7) is 2.53. The number of benzene rings is 2. The fourth-order valence-corrected chi connectivity index (χ4v) is 5.66. The molecule has 0 aliphatic carbocycles. The molecule has 1 N–H and O–H groups in total. The predicted octanol–water partition coefficient (Wildman–Crippen LogP) is 3.43. The van der Waals surface area contributed by atoms with Crippen LogP contribution in [0.25, 0.3) is 0 Å². The highest BCUT2D eigenvalue weighted by atomic mass is 32.2. The molecular formula is C26H30FN3O4S. The van der Waals surface area contributed by atoms with Crippen molar-refractivity contribution in [2.24, 2.45) is 0 Å². The monoisotopic (exact) mass is 499 g/mol. The molecule has 2 aromatic rings. The van der Waals surface area contributed by atoms with Gasteiger partial charge in [-0.15, -0.1) is 0 Å². The number of fused-ring (bicyclic) bond motifs is 2.